The van der Waals surface area contributed by atoms with E-state index in [2.05, 4.69) is 12.2 Å². The highest BCUT2D eigenvalue weighted by Crippen LogP contribution is 2.38. The standard InChI is InChI=1S/C12H25NO2/c1-3-13-9-8-12(6-4-7-12)15-11-5-10-14-2/h13H,3-11H2,1-2H3. The van der Waals surface area contributed by atoms with Crippen LogP contribution >= 0.6 is 0 Å². The van der Waals surface area contributed by atoms with Gasteiger partial charge in [0, 0.05) is 20.3 Å². The van der Waals surface area contributed by atoms with Gasteiger partial charge in [-0.15, -0.1) is 0 Å². The van der Waals surface area contributed by atoms with Crippen LogP contribution in [-0.4, -0.2) is 39.0 Å². The quantitative estimate of drug-likeness (QED) is 0.596. The van der Waals surface area contributed by atoms with Crippen LogP contribution in [0, 0.1) is 0 Å². The van der Waals surface area contributed by atoms with Gasteiger partial charge in [0.05, 0.1) is 5.60 Å². The molecule has 90 valence electrons. The van der Waals surface area contributed by atoms with Gasteiger partial charge in [0.25, 0.3) is 0 Å². The maximum absolute atomic E-state index is 5.99. The predicted octanol–water partition coefficient (Wildman–Crippen LogP) is 1.96. The minimum absolute atomic E-state index is 0.204. The summed E-state index contributed by atoms with van der Waals surface area (Å²) in [4.78, 5) is 0. The maximum Gasteiger partial charge on any atom is 0.0694 e. The van der Waals surface area contributed by atoms with Crippen molar-refractivity contribution in [1.82, 2.24) is 5.32 Å². The van der Waals surface area contributed by atoms with Crippen molar-refractivity contribution in [3.63, 3.8) is 0 Å². The summed E-state index contributed by atoms with van der Waals surface area (Å²) in [5.41, 5.74) is 0.204. The molecule has 0 heterocycles. The minimum atomic E-state index is 0.204. The molecule has 1 aliphatic carbocycles. The van der Waals surface area contributed by atoms with E-state index < -0.39 is 0 Å². The Bertz CT molecular complexity index is 158. The molecule has 0 aromatic rings. The van der Waals surface area contributed by atoms with Crippen LogP contribution in [0.15, 0.2) is 0 Å². The third kappa shape index (κ3) is 4.49. The molecule has 0 amide bonds. The van der Waals surface area contributed by atoms with Gasteiger partial charge >= 0.3 is 0 Å². The van der Waals surface area contributed by atoms with Crippen molar-refractivity contribution in [1.29, 1.82) is 0 Å². The summed E-state index contributed by atoms with van der Waals surface area (Å²) in [5.74, 6) is 0. The first kappa shape index (κ1) is 12.9. The van der Waals surface area contributed by atoms with Crippen LogP contribution in [-0.2, 0) is 9.47 Å². The number of methoxy groups -OCH3 is 1. The summed E-state index contributed by atoms with van der Waals surface area (Å²) in [7, 11) is 1.74. The second kappa shape index (κ2) is 7.20. The molecule has 0 aromatic carbocycles. The highest BCUT2D eigenvalue weighted by Gasteiger charge is 2.37. The van der Waals surface area contributed by atoms with Crippen molar-refractivity contribution in [2.45, 2.75) is 44.6 Å². The Morgan fingerprint density at radius 2 is 2.07 bits per heavy atom. The molecule has 1 rings (SSSR count). The molecule has 0 aromatic heterocycles. The summed E-state index contributed by atoms with van der Waals surface area (Å²) in [6.45, 7) is 5.94. The van der Waals surface area contributed by atoms with Gasteiger partial charge in [-0.05, 0) is 45.2 Å². The maximum atomic E-state index is 5.99. The van der Waals surface area contributed by atoms with Gasteiger partial charge in [-0.25, -0.2) is 0 Å². The molecule has 1 N–H and O–H groups in total. The predicted molar refractivity (Wildman–Crippen MR) is 62.2 cm³/mol. The van der Waals surface area contributed by atoms with Crippen molar-refractivity contribution < 1.29 is 9.47 Å². The molecule has 0 bridgehead atoms. The molecule has 0 spiro atoms. The molecule has 0 unspecified atom stereocenters. The molecule has 0 aliphatic heterocycles. The zero-order valence-corrected chi connectivity index (χ0v) is 10.2. The normalized spacial score (nSPS) is 18.8. The van der Waals surface area contributed by atoms with E-state index in [-0.39, 0.29) is 5.60 Å². The molecule has 1 saturated carbocycles. The second-order valence-corrected chi connectivity index (χ2v) is 4.33. The van der Waals surface area contributed by atoms with Crippen LogP contribution < -0.4 is 5.32 Å². The summed E-state index contributed by atoms with van der Waals surface area (Å²) < 4.78 is 11.0. The first-order chi connectivity index (χ1) is 7.33. The zero-order chi connectivity index (χ0) is 11.0. The van der Waals surface area contributed by atoms with E-state index in [9.17, 15) is 0 Å². The van der Waals surface area contributed by atoms with E-state index in [1.807, 2.05) is 0 Å². The van der Waals surface area contributed by atoms with Gasteiger partial charge < -0.3 is 14.8 Å². The lowest BCUT2D eigenvalue weighted by atomic mass is 9.77. The van der Waals surface area contributed by atoms with Gasteiger partial charge in [-0.2, -0.15) is 0 Å². The van der Waals surface area contributed by atoms with E-state index in [1.165, 1.54) is 19.3 Å². The lowest BCUT2D eigenvalue weighted by Crippen LogP contribution is -2.43. The Hall–Kier alpha value is -0.120. The molecular formula is C12H25NO2. The Kier molecular flexibility index (Phi) is 6.22. The van der Waals surface area contributed by atoms with Gasteiger partial charge in [0.15, 0.2) is 0 Å². The average molecular weight is 215 g/mol. The van der Waals surface area contributed by atoms with Gasteiger partial charge in [0.2, 0.25) is 0 Å². The van der Waals surface area contributed by atoms with Gasteiger partial charge in [-0.1, -0.05) is 6.92 Å². The molecule has 0 radical (unpaired) electrons. The Morgan fingerprint density at radius 1 is 1.27 bits per heavy atom. The van der Waals surface area contributed by atoms with E-state index in [0.717, 1.165) is 39.1 Å². The topological polar surface area (TPSA) is 30.5 Å². The lowest BCUT2D eigenvalue weighted by Gasteiger charge is -2.42. The molecule has 15 heavy (non-hydrogen) atoms. The SMILES string of the molecule is CCNCCC1(OCCCOC)CCC1. The fourth-order valence-electron chi connectivity index (χ4n) is 2.02. The fraction of sp³-hybridized carbons (Fsp3) is 1.00. The summed E-state index contributed by atoms with van der Waals surface area (Å²) in [5, 5.41) is 3.37. The Labute approximate surface area is 93.5 Å². The van der Waals surface area contributed by atoms with Crippen LogP contribution in [0.3, 0.4) is 0 Å². The number of rotatable bonds is 9. The largest absolute Gasteiger partial charge is 0.385 e. The third-order valence-corrected chi connectivity index (χ3v) is 3.17. The average Bonchev–Trinajstić information content (AvgIpc) is 2.19. The van der Waals surface area contributed by atoms with Crippen molar-refractivity contribution in [3.8, 4) is 0 Å². The highest BCUT2D eigenvalue weighted by molar-refractivity contribution is 4.90. The molecule has 1 aliphatic rings. The lowest BCUT2D eigenvalue weighted by molar-refractivity contribution is -0.107. The van der Waals surface area contributed by atoms with Crippen molar-refractivity contribution in [2.24, 2.45) is 0 Å². The summed E-state index contributed by atoms with van der Waals surface area (Å²) in [6, 6.07) is 0. The van der Waals surface area contributed by atoms with Crippen LogP contribution in [0.4, 0.5) is 0 Å². The van der Waals surface area contributed by atoms with E-state index in [1.54, 1.807) is 7.11 Å². The number of ether oxygens (including phenoxy) is 2. The zero-order valence-electron chi connectivity index (χ0n) is 10.2. The minimum Gasteiger partial charge on any atom is -0.385 e. The first-order valence-corrected chi connectivity index (χ1v) is 6.16. The van der Waals surface area contributed by atoms with E-state index in [4.69, 9.17) is 9.47 Å². The second-order valence-electron chi connectivity index (χ2n) is 4.33. The van der Waals surface area contributed by atoms with Gasteiger partial charge in [0.1, 0.15) is 0 Å². The molecule has 3 heteroatoms. The first-order valence-electron chi connectivity index (χ1n) is 6.16. The number of hydrogen-bond donors (Lipinski definition) is 1. The van der Waals surface area contributed by atoms with Crippen LogP contribution in [0.5, 0.6) is 0 Å². The highest BCUT2D eigenvalue weighted by atomic mass is 16.5. The Morgan fingerprint density at radius 3 is 2.60 bits per heavy atom. The van der Waals surface area contributed by atoms with Crippen molar-refractivity contribution in [3.05, 3.63) is 0 Å². The smallest absolute Gasteiger partial charge is 0.0694 e. The van der Waals surface area contributed by atoms with Crippen molar-refractivity contribution >= 4 is 0 Å². The van der Waals surface area contributed by atoms with Crippen molar-refractivity contribution in [2.75, 3.05) is 33.4 Å². The molecule has 3 nitrogen and oxygen atoms in total. The fourth-order valence-corrected chi connectivity index (χ4v) is 2.02. The molecule has 0 saturated heterocycles. The number of hydrogen-bond acceptors (Lipinski definition) is 3. The molecule has 0 atom stereocenters. The monoisotopic (exact) mass is 215 g/mol. The molecular weight excluding hydrogens is 190 g/mol. The Balaban J connectivity index is 2.09. The van der Waals surface area contributed by atoms with Crippen LogP contribution in [0.25, 0.3) is 0 Å². The van der Waals surface area contributed by atoms with E-state index in [0.29, 0.717) is 0 Å². The summed E-state index contributed by atoms with van der Waals surface area (Å²) in [6.07, 6.45) is 5.99. The van der Waals surface area contributed by atoms with Crippen LogP contribution in [0.1, 0.15) is 39.0 Å². The number of nitrogens with one attached hydrogen (secondary N) is 1. The summed E-state index contributed by atoms with van der Waals surface area (Å²) >= 11 is 0. The third-order valence-electron chi connectivity index (χ3n) is 3.17. The van der Waals surface area contributed by atoms with Gasteiger partial charge in [-0.3, -0.25) is 0 Å². The molecule has 1 fully saturated rings. The van der Waals surface area contributed by atoms with E-state index >= 15 is 0 Å². The van der Waals surface area contributed by atoms with Crippen LogP contribution in [0.2, 0.25) is 0 Å².